The van der Waals surface area contributed by atoms with Crippen molar-refractivity contribution in [2.75, 3.05) is 0 Å². The average Bonchev–Trinajstić information content (AvgIpc) is 2.75. The fourth-order valence-corrected chi connectivity index (χ4v) is 1.95. The SMILES string of the molecule is O=[N+]([O-])c1ccc([C]2[CH][CH][CH][CH]2)s1. The van der Waals surface area contributed by atoms with Crippen LogP contribution in [0.2, 0.25) is 0 Å². The lowest BCUT2D eigenvalue weighted by molar-refractivity contribution is -0.380. The van der Waals surface area contributed by atoms with Crippen LogP contribution >= 0.6 is 11.3 Å². The van der Waals surface area contributed by atoms with Crippen molar-refractivity contribution in [1.82, 2.24) is 0 Å². The molecule has 2 rings (SSSR count). The first-order chi connectivity index (χ1) is 6.27. The number of nitrogens with zero attached hydrogens (tertiary/aromatic N) is 1. The van der Waals surface area contributed by atoms with E-state index in [1.54, 1.807) is 6.07 Å². The minimum atomic E-state index is -0.364. The zero-order valence-corrected chi connectivity index (χ0v) is 7.45. The van der Waals surface area contributed by atoms with Gasteiger partial charge in [0.15, 0.2) is 0 Å². The third kappa shape index (κ3) is 1.72. The third-order valence-corrected chi connectivity index (χ3v) is 2.80. The van der Waals surface area contributed by atoms with Gasteiger partial charge in [0, 0.05) is 16.9 Å². The molecule has 0 unspecified atom stereocenters. The van der Waals surface area contributed by atoms with Gasteiger partial charge in [0.1, 0.15) is 0 Å². The van der Waals surface area contributed by atoms with E-state index in [1.807, 2.05) is 25.7 Å². The van der Waals surface area contributed by atoms with Crippen LogP contribution in [0, 0.1) is 41.7 Å². The molecule has 3 nitrogen and oxygen atoms in total. The first-order valence-corrected chi connectivity index (χ1v) is 4.55. The molecule has 1 aliphatic rings. The Labute approximate surface area is 80.5 Å². The minimum absolute atomic E-state index is 0.191. The highest BCUT2D eigenvalue weighted by Gasteiger charge is 2.22. The molecule has 4 heteroatoms. The topological polar surface area (TPSA) is 43.1 Å². The minimum Gasteiger partial charge on any atom is -0.258 e. The second-order valence-corrected chi connectivity index (χ2v) is 3.63. The quantitative estimate of drug-likeness (QED) is 0.533. The Hall–Kier alpha value is -0.900. The summed E-state index contributed by atoms with van der Waals surface area (Å²) in [6, 6.07) is 3.31. The number of hydrogen-bond donors (Lipinski definition) is 0. The Balaban J connectivity index is 2.16. The first-order valence-electron chi connectivity index (χ1n) is 3.74. The maximum absolute atomic E-state index is 10.4. The predicted octanol–water partition coefficient (Wildman–Crippen LogP) is 2.41. The number of rotatable bonds is 2. The zero-order valence-electron chi connectivity index (χ0n) is 6.64. The lowest BCUT2D eigenvalue weighted by Crippen LogP contribution is -1.89. The number of hydrogen-bond acceptors (Lipinski definition) is 3. The molecule has 13 heavy (non-hydrogen) atoms. The lowest BCUT2D eigenvalue weighted by Gasteiger charge is -2.00. The standard InChI is InChI=1S/C9H6NO2S/c11-10(12)9-6-5-8(13-9)7-3-1-2-4-7/h1-6H. The van der Waals surface area contributed by atoms with Gasteiger partial charge in [-0.3, -0.25) is 10.1 Å². The van der Waals surface area contributed by atoms with Crippen LogP contribution in [0.3, 0.4) is 0 Å². The zero-order chi connectivity index (χ0) is 9.26. The Morgan fingerprint density at radius 2 is 1.92 bits per heavy atom. The summed E-state index contributed by atoms with van der Waals surface area (Å²) in [6.07, 6.45) is 7.72. The second kappa shape index (κ2) is 3.46. The van der Waals surface area contributed by atoms with E-state index in [2.05, 4.69) is 0 Å². The molecule has 0 atom stereocenters. The van der Waals surface area contributed by atoms with Crippen LogP contribution in [0.1, 0.15) is 4.88 Å². The van der Waals surface area contributed by atoms with Gasteiger partial charge < -0.3 is 0 Å². The summed E-state index contributed by atoms with van der Waals surface area (Å²) in [7, 11) is 0. The highest BCUT2D eigenvalue weighted by atomic mass is 32.1. The van der Waals surface area contributed by atoms with E-state index in [0.29, 0.717) is 0 Å². The molecule has 65 valence electrons. The van der Waals surface area contributed by atoms with Crippen LogP contribution in [0.4, 0.5) is 5.00 Å². The van der Waals surface area contributed by atoms with Gasteiger partial charge in [0.25, 0.3) is 0 Å². The van der Waals surface area contributed by atoms with Crippen molar-refractivity contribution in [1.29, 1.82) is 0 Å². The van der Waals surface area contributed by atoms with Crippen molar-refractivity contribution in [3.05, 3.63) is 58.7 Å². The highest BCUT2D eigenvalue weighted by molar-refractivity contribution is 7.15. The third-order valence-electron chi connectivity index (χ3n) is 1.72. The summed E-state index contributed by atoms with van der Waals surface area (Å²) in [5.41, 5.74) is 0. The fourth-order valence-electron chi connectivity index (χ4n) is 1.12. The van der Waals surface area contributed by atoms with E-state index in [9.17, 15) is 10.1 Å². The van der Waals surface area contributed by atoms with E-state index in [0.717, 1.165) is 10.8 Å². The molecular weight excluding hydrogens is 186 g/mol. The van der Waals surface area contributed by atoms with Gasteiger partial charge in [-0.25, -0.2) is 0 Å². The van der Waals surface area contributed by atoms with Crippen molar-refractivity contribution in [3.63, 3.8) is 0 Å². The molecule has 0 spiro atoms. The van der Waals surface area contributed by atoms with Crippen molar-refractivity contribution in [2.45, 2.75) is 0 Å². The van der Waals surface area contributed by atoms with E-state index in [4.69, 9.17) is 0 Å². The summed E-state index contributed by atoms with van der Waals surface area (Å²) in [6.45, 7) is 0. The maximum Gasteiger partial charge on any atom is 0.324 e. The van der Waals surface area contributed by atoms with Crippen LogP contribution < -0.4 is 0 Å². The van der Waals surface area contributed by atoms with E-state index in [1.165, 1.54) is 17.4 Å². The predicted molar refractivity (Wildman–Crippen MR) is 50.5 cm³/mol. The lowest BCUT2D eigenvalue weighted by atomic mass is 10.1. The second-order valence-electron chi connectivity index (χ2n) is 2.57. The average molecular weight is 192 g/mol. The monoisotopic (exact) mass is 192 g/mol. The van der Waals surface area contributed by atoms with Crippen LogP contribution in [-0.2, 0) is 0 Å². The number of nitro groups is 1. The molecule has 1 saturated carbocycles. The summed E-state index contributed by atoms with van der Waals surface area (Å²) >= 11 is 1.20. The molecule has 0 aromatic carbocycles. The molecule has 0 aliphatic heterocycles. The van der Waals surface area contributed by atoms with Gasteiger partial charge in [-0.2, -0.15) is 0 Å². The molecule has 0 N–H and O–H groups in total. The van der Waals surface area contributed by atoms with Gasteiger partial charge in [-0.15, -0.1) is 0 Å². The molecule has 1 heterocycles. The molecule has 1 aromatic rings. The largest absolute Gasteiger partial charge is 0.324 e. The molecule has 5 radical (unpaired) electrons. The Morgan fingerprint density at radius 1 is 1.23 bits per heavy atom. The van der Waals surface area contributed by atoms with E-state index < -0.39 is 0 Å². The Morgan fingerprint density at radius 3 is 2.46 bits per heavy atom. The summed E-state index contributed by atoms with van der Waals surface area (Å²) in [5.74, 6) is 1.04. The van der Waals surface area contributed by atoms with Gasteiger partial charge in [0.2, 0.25) is 0 Å². The molecular formula is C9H6NO2S. The highest BCUT2D eigenvalue weighted by Crippen LogP contribution is 2.36. The molecule has 0 saturated heterocycles. The number of thiophene rings is 1. The first kappa shape index (κ1) is 8.69. The van der Waals surface area contributed by atoms with Crippen molar-refractivity contribution >= 4 is 16.3 Å². The molecule has 1 aromatic heterocycles. The van der Waals surface area contributed by atoms with Gasteiger partial charge in [0.05, 0.1) is 4.92 Å². The molecule has 1 aliphatic carbocycles. The Kier molecular flexibility index (Phi) is 2.31. The summed E-state index contributed by atoms with van der Waals surface area (Å²) < 4.78 is 0. The van der Waals surface area contributed by atoms with Gasteiger partial charge in [-0.05, 0) is 31.7 Å². The summed E-state index contributed by atoms with van der Waals surface area (Å²) in [4.78, 5) is 11.0. The van der Waals surface area contributed by atoms with Crippen LogP contribution in [0.25, 0.3) is 0 Å². The van der Waals surface area contributed by atoms with Crippen LogP contribution in [-0.4, -0.2) is 4.92 Å². The van der Waals surface area contributed by atoms with Crippen molar-refractivity contribution in [2.24, 2.45) is 0 Å². The van der Waals surface area contributed by atoms with Crippen molar-refractivity contribution < 1.29 is 4.92 Å². The normalized spacial score (nSPS) is 17.8. The van der Waals surface area contributed by atoms with Gasteiger partial charge in [-0.1, -0.05) is 11.3 Å². The molecule has 0 amide bonds. The van der Waals surface area contributed by atoms with E-state index >= 15 is 0 Å². The van der Waals surface area contributed by atoms with Crippen molar-refractivity contribution in [3.8, 4) is 0 Å². The summed E-state index contributed by atoms with van der Waals surface area (Å²) in [5, 5.41) is 10.6. The van der Waals surface area contributed by atoms with E-state index in [-0.39, 0.29) is 9.92 Å². The molecule has 0 bridgehead atoms. The van der Waals surface area contributed by atoms with Crippen LogP contribution in [0.5, 0.6) is 0 Å². The molecule has 1 fully saturated rings. The smallest absolute Gasteiger partial charge is 0.258 e. The fraction of sp³-hybridized carbons (Fsp3) is 0. The Bertz CT molecular complexity index is 315. The van der Waals surface area contributed by atoms with Gasteiger partial charge >= 0.3 is 5.00 Å². The maximum atomic E-state index is 10.4. The van der Waals surface area contributed by atoms with Crippen LogP contribution in [0.15, 0.2) is 12.1 Å².